The zero-order chi connectivity index (χ0) is 19.3. The van der Waals surface area contributed by atoms with Crippen molar-refractivity contribution >= 4 is 23.4 Å². The van der Waals surface area contributed by atoms with Crippen molar-refractivity contribution in [3.05, 3.63) is 52.8 Å². The lowest BCUT2D eigenvalue weighted by Crippen LogP contribution is -2.17. The van der Waals surface area contributed by atoms with Crippen LogP contribution < -0.4 is 5.32 Å². The monoisotopic (exact) mass is 382 g/mol. The summed E-state index contributed by atoms with van der Waals surface area (Å²) in [5.41, 5.74) is 0.579. The van der Waals surface area contributed by atoms with Crippen molar-refractivity contribution in [2.75, 3.05) is 11.6 Å². The van der Waals surface area contributed by atoms with Gasteiger partial charge >= 0.3 is 6.18 Å². The molecule has 140 valence electrons. The van der Waals surface area contributed by atoms with Crippen molar-refractivity contribution in [1.29, 1.82) is 0 Å². The number of anilines is 1. The number of carbonyl (C=O) groups excluding carboxylic acids is 1. The van der Waals surface area contributed by atoms with Crippen LogP contribution in [-0.2, 0) is 12.6 Å². The van der Waals surface area contributed by atoms with Gasteiger partial charge in [0.2, 0.25) is 0 Å². The molecule has 0 aliphatic heterocycles. The number of rotatable bonds is 6. The van der Waals surface area contributed by atoms with Crippen molar-refractivity contribution < 1.29 is 18.0 Å². The Balaban J connectivity index is 2.36. The second kappa shape index (κ2) is 8.58. The van der Waals surface area contributed by atoms with E-state index in [1.165, 1.54) is 30.8 Å². The zero-order valence-electron chi connectivity index (χ0n) is 14.9. The summed E-state index contributed by atoms with van der Waals surface area (Å²) in [5, 5.41) is 2.60. The summed E-state index contributed by atoms with van der Waals surface area (Å²) in [4.78, 5) is 17.8. The minimum Gasteiger partial charge on any atom is -0.322 e. The Kier molecular flexibility index (Phi) is 6.69. The first-order valence-electron chi connectivity index (χ1n) is 8.29. The molecule has 0 atom stereocenters. The Labute approximate surface area is 155 Å². The second-order valence-electron chi connectivity index (χ2n) is 5.92. The van der Waals surface area contributed by atoms with Gasteiger partial charge in [-0.1, -0.05) is 19.4 Å². The van der Waals surface area contributed by atoms with Crippen molar-refractivity contribution in [2.24, 2.45) is 0 Å². The van der Waals surface area contributed by atoms with Gasteiger partial charge in [0.05, 0.1) is 16.8 Å². The zero-order valence-corrected chi connectivity index (χ0v) is 15.7. The van der Waals surface area contributed by atoms with Crippen LogP contribution in [0.1, 0.15) is 46.9 Å². The third-order valence-corrected chi connectivity index (χ3v) is 4.79. The first-order valence-corrected chi connectivity index (χ1v) is 9.51. The molecule has 0 saturated heterocycles. The number of alkyl halides is 3. The number of pyridine rings is 1. The Hall–Kier alpha value is -2.02. The number of halogens is 3. The molecule has 2 aromatic rings. The number of thioether (sulfide) groups is 1. The van der Waals surface area contributed by atoms with Gasteiger partial charge in [-0.05, 0) is 49.8 Å². The van der Waals surface area contributed by atoms with Gasteiger partial charge in [0, 0.05) is 16.8 Å². The average molecular weight is 382 g/mol. The molecule has 1 amide bonds. The number of aryl methyl sites for hydroxylation is 2. The lowest BCUT2D eigenvalue weighted by Gasteiger charge is -2.15. The van der Waals surface area contributed by atoms with Crippen molar-refractivity contribution in [2.45, 2.75) is 44.2 Å². The SMILES string of the molecule is CCCCc1nccc(SC)c1C(=O)Nc1ccc(C)c(C(F)(F)F)c1. The van der Waals surface area contributed by atoms with Gasteiger partial charge in [0.25, 0.3) is 5.91 Å². The predicted octanol–water partition coefficient (Wildman–Crippen LogP) is 5.73. The quantitative estimate of drug-likeness (QED) is 0.649. The van der Waals surface area contributed by atoms with E-state index in [9.17, 15) is 18.0 Å². The standard InChI is InChI=1S/C19H21F3N2OS/c1-4-5-6-15-17(16(26-3)9-10-23-15)18(25)24-13-8-7-12(2)14(11-13)19(20,21)22/h7-11H,4-6H2,1-3H3,(H,24,25). The summed E-state index contributed by atoms with van der Waals surface area (Å²) < 4.78 is 39.3. The number of aromatic nitrogens is 1. The van der Waals surface area contributed by atoms with Crippen LogP contribution in [0.4, 0.5) is 18.9 Å². The topological polar surface area (TPSA) is 42.0 Å². The average Bonchev–Trinajstić information content (AvgIpc) is 2.60. The molecule has 0 spiro atoms. The molecule has 3 nitrogen and oxygen atoms in total. The molecule has 1 aromatic heterocycles. The Morgan fingerprint density at radius 1 is 1.27 bits per heavy atom. The fourth-order valence-corrected chi connectivity index (χ4v) is 3.24. The number of nitrogens with zero attached hydrogens (tertiary/aromatic N) is 1. The first kappa shape index (κ1) is 20.3. The largest absolute Gasteiger partial charge is 0.416 e. The van der Waals surface area contributed by atoms with Crippen LogP contribution in [0.25, 0.3) is 0 Å². The maximum Gasteiger partial charge on any atom is 0.416 e. The van der Waals surface area contributed by atoms with Gasteiger partial charge in [-0.3, -0.25) is 9.78 Å². The van der Waals surface area contributed by atoms with E-state index in [1.807, 2.05) is 13.2 Å². The maximum atomic E-state index is 13.1. The van der Waals surface area contributed by atoms with Crippen LogP contribution in [0.2, 0.25) is 0 Å². The van der Waals surface area contributed by atoms with Crippen LogP contribution in [0.3, 0.4) is 0 Å². The summed E-state index contributed by atoms with van der Waals surface area (Å²) in [6, 6.07) is 5.54. The summed E-state index contributed by atoms with van der Waals surface area (Å²) in [7, 11) is 0. The van der Waals surface area contributed by atoms with Gasteiger partial charge in [-0.2, -0.15) is 13.2 Å². The molecule has 0 aliphatic rings. The van der Waals surface area contributed by atoms with Crippen molar-refractivity contribution in [3.63, 3.8) is 0 Å². The summed E-state index contributed by atoms with van der Waals surface area (Å²) in [5.74, 6) is -0.439. The normalized spacial score (nSPS) is 11.5. The molecule has 0 aliphatic carbocycles. The highest BCUT2D eigenvalue weighted by molar-refractivity contribution is 7.98. The van der Waals surface area contributed by atoms with Crippen molar-refractivity contribution in [1.82, 2.24) is 4.98 Å². The molecule has 1 N–H and O–H groups in total. The van der Waals surface area contributed by atoms with E-state index >= 15 is 0 Å². The van der Waals surface area contributed by atoms with Gasteiger partial charge in [-0.25, -0.2) is 0 Å². The molecule has 0 saturated carbocycles. The summed E-state index contributed by atoms with van der Waals surface area (Å²) in [6.45, 7) is 3.44. The Bertz CT molecular complexity index is 791. The maximum absolute atomic E-state index is 13.1. The Morgan fingerprint density at radius 2 is 2.00 bits per heavy atom. The molecule has 0 radical (unpaired) electrons. The van der Waals surface area contributed by atoms with Crippen molar-refractivity contribution in [3.8, 4) is 0 Å². The molecule has 2 rings (SSSR count). The highest BCUT2D eigenvalue weighted by Gasteiger charge is 2.32. The number of hydrogen-bond acceptors (Lipinski definition) is 3. The fraction of sp³-hybridized carbons (Fsp3) is 0.368. The van der Waals surface area contributed by atoms with E-state index in [2.05, 4.69) is 10.3 Å². The summed E-state index contributed by atoms with van der Waals surface area (Å²) in [6.07, 6.45) is 1.53. The van der Waals surface area contributed by atoms with E-state index in [-0.39, 0.29) is 11.3 Å². The summed E-state index contributed by atoms with van der Waals surface area (Å²) >= 11 is 1.41. The van der Waals surface area contributed by atoms with E-state index in [0.717, 1.165) is 23.8 Å². The van der Waals surface area contributed by atoms with Crippen LogP contribution in [0, 0.1) is 6.92 Å². The van der Waals surface area contributed by atoms with Crippen LogP contribution in [-0.4, -0.2) is 17.1 Å². The third kappa shape index (κ3) is 4.78. The number of unbranched alkanes of at least 4 members (excludes halogenated alkanes) is 1. The number of amides is 1. The van der Waals surface area contributed by atoms with Gasteiger partial charge in [0.1, 0.15) is 0 Å². The highest BCUT2D eigenvalue weighted by Crippen LogP contribution is 2.34. The van der Waals surface area contributed by atoms with E-state index < -0.39 is 17.6 Å². The third-order valence-electron chi connectivity index (χ3n) is 4.01. The lowest BCUT2D eigenvalue weighted by molar-refractivity contribution is -0.138. The number of benzene rings is 1. The predicted molar refractivity (Wildman–Crippen MR) is 98.8 cm³/mol. The number of nitrogens with one attached hydrogen (secondary N) is 1. The molecular weight excluding hydrogens is 361 g/mol. The van der Waals surface area contributed by atoms with Crippen LogP contribution in [0.5, 0.6) is 0 Å². The van der Waals surface area contributed by atoms with E-state index in [1.54, 1.807) is 12.3 Å². The molecule has 0 fully saturated rings. The molecule has 7 heteroatoms. The number of hydrogen-bond donors (Lipinski definition) is 1. The van der Waals surface area contributed by atoms with Gasteiger partial charge in [-0.15, -0.1) is 11.8 Å². The van der Waals surface area contributed by atoms with Gasteiger partial charge < -0.3 is 5.32 Å². The molecule has 0 bridgehead atoms. The molecule has 1 aromatic carbocycles. The first-order chi connectivity index (χ1) is 12.3. The molecule has 0 unspecified atom stereocenters. The smallest absolute Gasteiger partial charge is 0.322 e. The van der Waals surface area contributed by atoms with Gasteiger partial charge in [0.15, 0.2) is 0 Å². The second-order valence-corrected chi connectivity index (χ2v) is 6.77. The van der Waals surface area contributed by atoms with E-state index in [4.69, 9.17) is 0 Å². The van der Waals surface area contributed by atoms with Crippen LogP contribution in [0.15, 0.2) is 35.4 Å². The minimum atomic E-state index is -4.46. The Morgan fingerprint density at radius 3 is 2.62 bits per heavy atom. The molecule has 26 heavy (non-hydrogen) atoms. The minimum absolute atomic E-state index is 0.116. The highest BCUT2D eigenvalue weighted by atomic mass is 32.2. The van der Waals surface area contributed by atoms with E-state index in [0.29, 0.717) is 17.7 Å². The number of carbonyl (C=O) groups is 1. The molecule has 1 heterocycles. The fourth-order valence-electron chi connectivity index (χ4n) is 2.63. The lowest BCUT2D eigenvalue weighted by atomic mass is 10.1. The van der Waals surface area contributed by atoms with Crippen LogP contribution >= 0.6 is 11.8 Å². The molecular formula is C19H21F3N2OS.